The number of carbonyl (C=O) groups is 1. The number of hydrogen-bond donors (Lipinski definition) is 2. The van der Waals surface area contributed by atoms with Crippen molar-refractivity contribution in [3.63, 3.8) is 0 Å². The summed E-state index contributed by atoms with van der Waals surface area (Å²) in [5, 5.41) is 2.69. The highest BCUT2D eigenvalue weighted by molar-refractivity contribution is 7.89. The van der Waals surface area contributed by atoms with Crippen LogP contribution in [0.25, 0.3) is 0 Å². The van der Waals surface area contributed by atoms with Crippen molar-refractivity contribution < 1.29 is 22.7 Å². The molecule has 0 aliphatic rings. The van der Waals surface area contributed by atoms with Gasteiger partial charge in [-0.25, -0.2) is 13.1 Å². The van der Waals surface area contributed by atoms with Crippen LogP contribution in [-0.2, 0) is 21.2 Å². The first-order valence-corrected chi connectivity index (χ1v) is 9.88. The van der Waals surface area contributed by atoms with E-state index in [9.17, 15) is 13.2 Å². The molecule has 2 aromatic rings. The van der Waals surface area contributed by atoms with E-state index in [0.29, 0.717) is 24.5 Å². The van der Waals surface area contributed by atoms with Gasteiger partial charge in [-0.05, 0) is 49.2 Å². The van der Waals surface area contributed by atoms with Gasteiger partial charge in [0.15, 0.2) is 0 Å². The summed E-state index contributed by atoms with van der Waals surface area (Å²) in [6.45, 7) is 1.88. The third-order valence-electron chi connectivity index (χ3n) is 3.96. The Labute approximate surface area is 159 Å². The molecule has 8 heteroatoms. The molecule has 0 radical (unpaired) electrons. The van der Waals surface area contributed by atoms with Crippen LogP contribution in [0, 0.1) is 6.92 Å². The summed E-state index contributed by atoms with van der Waals surface area (Å²) in [6.07, 6.45) is 0.525. The molecule has 0 saturated carbocycles. The number of benzene rings is 2. The summed E-state index contributed by atoms with van der Waals surface area (Å²) in [4.78, 5) is 12.1. The molecule has 146 valence electrons. The summed E-state index contributed by atoms with van der Waals surface area (Å²) in [6, 6.07) is 11.8. The van der Waals surface area contributed by atoms with Gasteiger partial charge in [-0.3, -0.25) is 4.79 Å². The Morgan fingerprint density at radius 2 is 1.74 bits per heavy atom. The molecule has 0 bridgehead atoms. The molecule has 0 aliphatic carbocycles. The smallest absolute Gasteiger partial charge is 0.241 e. The lowest BCUT2D eigenvalue weighted by Crippen LogP contribution is -2.37. The molecule has 2 aromatic carbocycles. The number of amides is 1. The first-order valence-electron chi connectivity index (χ1n) is 8.39. The van der Waals surface area contributed by atoms with Crippen LogP contribution in [-0.4, -0.2) is 41.6 Å². The second-order valence-electron chi connectivity index (χ2n) is 5.92. The summed E-state index contributed by atoms with van der Waals surface area (Å²) in [7, 11) is -0.566. The van der Waals surface area contributed by atoms with Crippen molar-refractivity contribution in [1.29, 1.82) is 0 Å². The first-order chi connectivity index (χ1) is 12.9. The van der Waals surface area contributed by atoms with E-state index in [4.69, 9.17) is 9.47 Å². The maximum atomic E-state index is 12.2. The number of hydrogen-bond acceptors (Lipinski definition) is 5. The lowest BCUT2D eigenvalue weighted by atomic mass is 10.1. The summed E-state index contributed by atoms with van der Waals surface area (Å²) in [5.41, 5.74) is 1.84. The second-order valence-corrected chi connectivity index (χ2v) is 7.68. The zero-order valence-corrected chi connectivity index (χ0v) is 16.4. The van der Waals surface area contributed by atoms with Gasteiger partial charge in [0.2, 0.25) is 15.9 Å². The molecule has 0 fully saturated rings. The van der Waals surface area contributed by atoms with Crippen LogP contribution in [0.3, 0.4) is 0 Å². The first kappa shape index (κ1) is 20.7. The fourth-order valence-corrected chi connectivity index (χ4v) is 3.42. The second kappa shape index (κ2) is 9.38. The molecule has 0 unspecified atom stereocenters. The third kappa shape index (κ3) is 5.97. The topological polar surface area (TPSA) is 93.7 Å². The van der Waals surface area contributed by atoms with Crippen molar-refractivity contribution in [2.45, 2.75) is 18.2 Å². The zero-order valence-electron chi connectivity index (χ0n) is 15.6. The van der Waals surface area contributed by atoms with Crippen molar-refractivity contribution in [2.75, 3.05) is 27.3 Å². The highest BCUT2D eigenvalue weighted by Gasteiger charge is 2.15. The Bertz CT molecular complexity index is 879. The van der Waals surface area contributed by atoms with E-state index < -0.39 is 15.9 Å². The molecule has 27 heavy (non-hydrogen) atoms. The minimum absolute atomic E-state index is 0.127. The van der Waals surface area contributed by atoms with E-state index in [1.165, 1.54) is 12.1 Å². The van der Waals surface area contributed by atoms with Gasteiger partial charge in [0, 0.05) is 6.54 Å². The largest absolute Gasteiger partial charge is 0.497 e. The lowest BCUT2D eigenvalue weighted by Gasteiger charge is -2.11. The van der Waals surface area contributed by atoms with Crippen LogP contribution in [0.5, 0.6) is 11.5 Å². The molecular weight excluding hydrogens is 368 g/mol. The van der Waals surface area contributed by atoms with E-state index in [1.807, 2.05) is 13.0 Å². The summed E-state index contributed by atoms with van der Waals surface area (Å²) >= 11 is 0. The van der Waals surface area contributed by atoms with Gasteiger partial charge in [-0.1, -0.05) is 17.7 Å². The Morgan fingerprint density at radius 3 is 2.37 bits per heavy atom. The van der Waals surface area contributed by atoms with Gasteiger partial charge in [-0.15, -0.1) is 0 Å². The summed E-state index contributed by atoms with van der Waals surface area (Å²) < 4.78 is 37.1. The average molecular weight is 392 g/mol. The average Bonchev–Trinajstić information content (AvgIpc) is 2.66. The summed E-state index contributed by atoms with van der Waals surface area (Å²) in [5.74, 6) is 0.987. The molecule has 0 aliphatic heterocycles. The quantitative estimate of drug-likeness (QED) is 0.677. The Kier molecular flexibility index (Phi) is 7.20. The number of nitrogens with one attached hydrogen (secondary N) is 2. The maximum absolute atomic E-state index is 12.2. The molecule has 0 heterocycles. The molecule has 0 spiro atoms. The predicted octanol–water partition coefficient (Wildman–Crippen LogP) is 1.65. The number of aryl methyl sites for hydroxylation is 1. The normalized spacial score (nSPS) is 11.1. The molecule has 2 N–H and O–H groups in total. The van der Waals surface area contributed by atoms with Crippen molar-refractivity contribution in [2.24, 2.45) is 0 Å². The minimum Gasteiger partial charge on any atom is -0.497 e. The van der Waals surface area contributed by atoms with Gasteiger partial charge in [0.05, 0.1) is 25.7 Å². The fourth-order valence-electron chi connectivity index (χ4n) is 2.44. The van der Waals surface area contributed by atoms with E-state index in [2.05, 4.69) is 10.0 Å². The number of sulfonamides is 1. The van der Waals surface area contributed by atoms with Crippen LogP contribution in [0.4, 0.5) is 0 Å². The van der Waals surface area contributed by atoms with Crippen molar-refractivity contribution in [3.8, 4) is 11.5 Å². The number of methoxy groups -OCH3 is 2. The zero-order chi connectivity index (χ0) is 19.9. The lowest BCUT2D eigenvalue weighted by molar-refractivity contribution is -0.119. The number of rotatable bonds is 9. The molecule has 0 saturated heterocycles. The van der Waals surface area contributed by atoms with Gasteiger partial charge >= 0.3 is 0 Å². The van der Waals surface area contributed by atoms with Gasteiger partial charge in [0.1, 0.15) is 11.5 Å². The van der Waals surface area contributed by atoms with Gasteiger partial charge in [0.25, 0.3) is 0 Å². The Morgan fingerprint density at radius 1 is 1.04 bits per heavy atom. The molecule has 2 rings (SSSR count). The van der Waals surface area contributed by atoms with Crippen LogP contribution in [0.15, 0.2) is 47.4 Å². The Hall–Kier alpha value is -2.58. The van der Waals surface area contributed by atoms with Crippen molar-refractivity contribution in [3.05, 3.63) is 53.6 Å². The molecule has 0 atom stereocenters. The SMILES string of the molecule is COc1ccc(OC)c(CCNC(=O)CNS(=O)(=O)c2ccc(C)cc2)c1. The van der Waals surface area contributed by atoms with Crippen molar-refractivity contribution >= 4 is 15.9 Å². The van der Waals surface area contributed by atoms with Gasteiger partial charge < -0.3 is 14.8 Å². The van der Waals surface area contributed by atoms with Crippen LogP contribution in [0.1, 0.15) is 11.1 Å². The third-order valence-corrected chi connectivity index (χ3v) is 5.38. The van der Waals surface area contributed by atoms with E-state index >= 15 is 0 Å². The highest BCUT2D eigenvalue weighted by Crippen LogP contribution is 2.24. The molecule has 0 aromatic heterocycles. The number of carbonyl (C=O) groups excluding carboxylic acids is 1. The fraction of sp³-hybridized carbons (Fsp3) is 0.316. The standard InChI is InChI=1S/C19H24N2O5S/c1-14-4-7-17(8-5-14)27(23,24)21-13-19(22)20-11-10-15-12-16(25-2)6-9-18(15)26-3/h4-9,12,21H,10-11,13H2,1-3H3,(H,20,22). The highest BCUT2D eigenvalue weighted by atomic mass is 32.2. The van der Waals surface area contributed by atoms with E-state index in [0.717, 1.165) is 11.1 Å². The van der Waals surface area contributed by atoms with E-state index in [1.54, 1.807) is 38.5 Å². The molecule has 1 amide bonds. The minimum atomic E-state index is -3.72. The van der Waals surface area contributed by atoms with Crippen molar-refractivity contribution in [1.82, 2.24) is 10.0 Å². The van der Waals surface area contributed by atoms with Gasteiger partial charge in [-0.2, -0.15) is 0 Å². The van der Waals surface area contributed by atoms with Crippen LogP contribution >= 0.6 is 0 Å². The number of ether oxygens (including phenoxy) is 2. The van der Waals surface area contributed by atoms with Crippen LogP contribution < -0.4 is 19.5 Å². The monoisotopic (exact) mass is 392 g/mol. The molecule has 7 nitrogen and oxygen atoms in total. The van der Waals surface area contributed by atoms with E-state index in [-0.39, 0.29) is 11.4 Å². The molecular formula is C19H24N2O5S. The maximum Gasteiger partial charge on any atom is 0.241 e. The predicted molar refractivity (Wildman–Crippen MR) is 103 cm³/mol. The Balaban J connectivity index is 1.85. The van der Waals surface area contributed by atoms with Crippen LogP contribution in [0.2, 0.25) is 0 Å².